The number of nitrogens with zero attached hydrogens (tertiary/aromatic N) is 6. The van der Waals surface area contributed by atoms with E-state index in [1.54, 1.807) is 12.4 Å². The summed E-state index contributed by atoms with van der Waals surface area (Å²) in [4.78, 5) is 1.28. The Labute approximate surface area is 77.2 Å². The van der Waals surface area contributed by atoms with E-state index in [1.165, 1.54) is 16.3 Å². The molecule has 0 fully saturated rings. The molecule has 68 valence electrons. The maximum Gasteiger partial charge on any atom is 0.209 e. The van der Waals surface area contributed by atoms with Crippen LogP contribution in [0.15, 0.2) is 5.38 Å². The molecule has 0 aliphatic carbocycles. The second-order valence-electron chi connectivity index (χ2n) is 2.37. The quantitative estimate of drug-likeness (QED) is 0.675. The van der Waals surface area contributed by atoms with Crippen LogP contribution in [0.5, 0.6) is 0 Å². The number of tetrazole rings is 1. The first kappa shape index (κ1) is 8.20. The number of aliphatic hydroxyl groups excluding tert-OH is 1. The van der Waals surface area contributed by atoms with E-state index >= 15 is 0 Å². The Morgan fingerprint density at radius 1 is 1.54 bits per heavy atom. The van der Waals surface area contributed by atoms with Crippen molar-refractivity contribution in [1.82, 2.24) is 29.8 Å². The summed E-state index contributed by atoms with van der Waals surface area (Å²) in [5.41, 5.74) is 0.443. The molecule has 1 atom stereocenters. The molecule has 2 heterocycles. The standard InChI is InChI=1S/C5H6N6OS/c1-11-8-5(7-9-11)4(12)3-2-13-10-6-3/h2,4,12H,1H3. The van der Waals surface area contributed by atoms with Crippen LogP contribution in [0.25, 0.3) is 0 Å². The summed E-state index contributed by atoms with van der Waals surface area (Å²) < 4.78 is 3.62. The lowest BCUT2D eigenvalue weighted by Crippen LogP contribution is -2.03. The van der Waals surface area contributed by atoms with Crippen molar-refractivity contribution in [3.8, 4) is 0 Å². The predicted molar refractivity (Wildman–Crippen MR) is 42.8 cm³/mol. The van der Waals surface area contributed by atoms with Gasteiger partial charge in [-0.15, -0.1) is 15.3 Å². The van der Waals surface area contributed by atoms with Crippen molar-refractivity contribution >= 4 is 11.5 Å². The van der Waals surface area contributed by atoms with Crippen LogP contribution in [-0.4, -0.2) is 34.9 Å². The molecule has 8 heteroatoms. The Kier molecular flexibility index (Phi) is 1.99. The van der Waals surface area contributed by atoms with Crippen LogP contribution >= 0.6 is 11.5 Å². The zero-order chi connectivity index (χ0) is 9.26. The SMILES string of the molecule is Cn1nnc(C(O)c2csnn2)n1. The van der Waals surface area contributed by atoms with Gasteiger partial charge in [0.25, 0.3) is 0 Å². The number of aliphatic hydroxyl groups is 1. The lowest BCUT2D eigenvalue weighted by atomic mass is 10.3. The Morgan fingerprint density at radius 3 is 2.92 bits per heavy atom. The zero-order valence-corrected chi connectivity index (χ0v) is 7.51. The van der Waals surface area contributed by atoms with Gasteiger partial charge in [0.2, 0.25) is 5.82 Å². The van der Waals surface area contributed by atoms with Gasteiger partial charge in [0.05, 0.1) is 7.05 Å². The van der Waals surface area contributed by atoms with Crippen LogP contribution in [0.4, 0.5) is 0 Å². The van der Waals surface area contributed by atoms with Crippen LogP contribution in [-0.2, 0) is 7.05 Å². The maximum atomic E-state index is 9.62. The molecule has 2 rings (SSSR count). The van der Waals surface area contributed by atoms with Gasteiger partial charge >= 0.3 is 0 Å². The van der Waals surface area contributed by atoms with Crippen LogP contribution in [0, 0.1) is 0 Å². The second kappa shape index (κ2) is 3.15. The summed E-state index contributed by atoms with van der Waals surface area (Å²) in [5.74, 6) is 0.232. The highest BCUT2D eigenvalue weighted by molar-refractivity contribution is 7.03. The van der Waals surface area contributed by atoms with E-state index in [1.807, 2.05) is 0 Å². The molecule has 0 amide bonds. The average molecular weight is 198 g/mol. The highest BCUT2D eigenvalue weighted by Gasteiger charge is 2.17. The minimum atomic E-state index is -0.938. The van der Waals surface area contributed by atoms with Crippen LogP contribution in [0.3, 0.4) is 0 Å². The van der Waals surface area contributed by atoms with Crippen LogP contribution in [0.1, 0.15) is 17.6 Å². The molecule has 13 heavy (non-hydrogen) atoms. The summed E-state index contributed by atoms with van der Waals surface area (Å²) in [7, 11) is 1.63. The lowest BCUT2D eigenvalue weighted by molar-refractivity contribution is 0.204. The molecular formula is C5H6N6OS. The molecular weight excluding hydrogens is 192 g/mol. The van der Waals surface area contributed by atoms with E-state index in [-0.39, 0.29) is 5.82 Å². The molecule has 2 aromatic heterocycles. The van der Waals surface area contributed by atoms with E-state index in [9.17, 15) is 5.11 Å². The number of aromatic nitrogens is 6. The molecule has 0 saturated heterocycles. The fraction of sp³-hybridized carbons (Fsp3) is 0.400. The molecule has 1 unspecified atom stereocenters. The third-order valence-electron chi connectivity index (χ3n) is 1.43. The fourth-order valence-electron chi connectivity index (χ4n) is 0.831. The van der Waals surface area contributed by atoms with E-state index in [0.717, 1.165) is 0 Å². The molecule has 2 aromatic rings. The Hall–Kier alpha value is -1.41. The van der Waals surface area contributed by atoms with Crippen molar-refractivity contribution in [3.63, 3.8) is 0 Å². The monoisotopic (exact) mass is 198 g/mol. The number of aryl methyl sites for hydroxylation is 1. The summed E-state index contributed by atoms with van der Waals surface area (Å²) in [6, 6.07) is 0. The third-order valence-corrected chi connectivity index (χ3v) is 1.95. The highest BCUT2D eigenvalue weighted by atomic mass is 32.1. The van der Waals surface area contributed by atoms with Gasteiger partial charge in [0.15, 0.2) is 6.10 Å². The van der Waals surface area contributed by atoms with Crippen molar-refractivity contribution in [1.29, 1.82) is 0 Å². The average Bonchev–Trinajstić information content (AvgIpc) is 2.72. The van der Waals surface area contributed by atoms with E-state index < -0.39 is 6.10 Å². The topological polar surface area (TPSA) is 89.6 Å². The maximum absolute atomic E-state index is 9.62. The molecule has 1 N–H and O–H groups in total. The first-order chi connectivity index (χ1) is 6.27. The normalized spacial score (nSPS) is 13.1. The van der Waals surface area contributed by atoms with Crippen molar-refractivity contribution in [2.24, 2.45) is 7.05 Å². The fourth-order valence-corrected chi connectivity index (χ4v) is 1.30. The minimum absolute atomic E-state index is 0.232. The van der Waals surface area contributed by atoms with Gasteiger partial charge in [-0.05, 0) is 16.7 Å². The molecule has 0 aromatic carbocycles. The van der Waals surface area contributed by atoms with Gasteiger partial charge < -0.3 is 5.11 Å². The number of hydrogen-bond acceptors (Lipinski definition) is 7. The minimum Gasteiger partial charge on any atom is -0.378 e. The summed E-state index contributed by atoms with van der Waals surface area (Å²) >= 11 is 1.17. The van der Waals surface area contributed by atoms with E-state index in [2.05, 4.69) is 25.0 Å². The van der Waals surface area contributed by atoms with Crippen molar-refractivity contribution in [3.05, 3.63) is 16.9 Å². The van der Waals surface area contributed by atoms with Crippen molar-refractivity contribution < 1.29 is 5.11 Å². The van der Waals surface area contributed by atoms with Crippen molar-refractivity contribution in [2.75, 3.05) is 0 Å². The Morgan fingerprint density at radius 2 is 2.38 bits per heavy atom. The Bertz CT molecular complexity index is 383. The molecule has 7 nitrogen and oxygen atoms in total. The lowest BCUT2D eigenvalue weighted by Gasteiger charge is -1.98. The molecule has 0 spiro atoms. The van der Waals surface area contributed by atoms with Gasteiger partial charge in [-0.1, -0.05) is 4.49 Å². The molecule has 0 saturated carbocycles. The van der Waals surface area contributed by atoms with Crippen molar-refractivity contribution in [2.45, 2.75) is 6.10 Å². The van der Waals surface area contributed by atoms with Gasteiger partial charge in [-0.3, -0.25) is 0 Å². The summed E-state index contributed by atoms with van der Waals surface area (Å²) in [6.45, 7) is 0. The zero-order valence-electron chi connectivity index (χ0n) is 6.69. The second-order valence-corrected chi connectivity index (χ2v) is 2.98. The summed E-state index contributed by atoms with van der Waals surface area (Å²) in [6.07, 6.45) is -0.938. The highest BCUT2D eigenvalue weighted by Crippen LogP contribution is 2.15. The molecule has 0 radical (unpaired) electrons. The molecule has 0 aliphatic heterocycles. The largest absolute Gasteiger partial charge is 0.378 e. The van der Waals surface area contributed by atoms with Gasteiger partial charge in [0, 0.05) is 5.38 Å². The van der Waals surface area contributed by atoms with Gasteiger partial charge in [0.1, 0.15) is 5.69 Å². The first-order valence-corrected chi connectivity index (χ1v) is 4.30. The Balaban J connectivity index is 2.28. The van der Waals surface area contributed by atoms with Gasteiger partial charge in [-0.25, -0.2) is 0 Å². The summed E-state index contributed by atoms with van der Waals surface area (Å²) in [5, 5.41) is 26.1. The predicted octanol–water partition coefficient (Wildman–Crippen LogP) is -0.857. The van der Waals surface area contributed by atoms with Gasteiger partial charge in [-0.2, -0.15) is 4.80 Å². The van der Waals surface area contributed by atoms with Crippen LogP contribution in [0.2, 0.25) is 0 Å². The number of hydrogen-bond donors (Lipinski definition) is 1. The van der Waals surface area contributed by atoms with E-state index in [4.69, 9.17) is 0 Å². The number of rotatable bonds is 2. The molecule has 0 bridgehead atoms. The smallest absolute Gasteiger partial charge is 0.209 e. The third kappa shape index (κ3) is 1.53. The first-order valence-electron chi connectivity index (χ1n) is 3.46. The molecule has 0 aliphatic rings. The van der Waals surface area contributed by atoms with Crippen LogP contribution < -0.4 is 0 Å². The van der Waals surface area contributed by atoms with E-state index in [0.29, 0.717) is 5.69 Å².